The van der Waals surface area contributed by atoms with Gasteiger partial charge >= 0.3 is 0 Å². The van der Waals surface area contributed by atoms with Crippen LogP contribution in [0.2, 0.25) is 5.02 Å². The van der Waals surface area contributed by atoms with Crippen molar-refractivity contribution in [1.82, 2.24) is 10.2 Å². The number of nitriles is 1. The minimum atomic E-state index is -0.831. The summed E-state index contributed by atoms with van der Waals surface area (Å²) in [6.45, 7) is 0.684. The van der Waals surface area contributed by atoms with Crippen molar-refractivity contribution in [3.8, 4) is 17.6 Å². The van der Waals surface area contributed by atoms with E-state index >= 15 is 0 Å². The summed E-state index contributed by atoms with van der Waals surface area (Å²) in [5.74, 6) is 0.809. The van der Waals surface area contributed by atoms with Gasteiger partial charge in [-0.1, -0.05) is 29.8 Å². The lowest BCUT2D eigenvalue weighted by Crippen LogP contribution is -2.47. The van der Waals surface area contributed by atoms with E-state index in [2.05, 4.69) is 11.4 Å². The van der Waals surface area contributed by atoms with Crippen LogP contribution in [0.4, 0.5) is 0 Å². The molecule has 0 radical (unpaired) electrons. The lowest BCUT2D eigenvalue weighted by atomic mass is 10.1. The molecule has 1 saturated heterocycles. The van der Waals surface area contributed by atoms with Gasteiger partial charge in [0.25, 0.3) is 0 Å². The van der Waals surface area contributed by atoms with Crippen LogP contribution in [0.15, 0.2) is 42.5 Å². The van der Waals surface area contributed by atoms with E-state index in [0.29, 0.717) is 35.1 Å². The molecule has 4 rings (SSSR count). The number of nitrogens with zero attached hydrogens (tertiary/aromatic N) is 2. The van der Waals surface area contributed by atoms with Crippen LogP contribution in [-0.4, -0.2) is 36.1 Å². The van der Waals surface area contributed by atoms with Crippen molar-refractivity contribution in [1.29, 1.82) is 5.26 Å². The van der Waals surface area contributed by atoms with Crippen molar-refractivity contribution in [2.75, 3.05) is 13.3 Å². The van der Waals surface area contributed by atoms with Crippen LogP contribution < -0.4 is 14.8 Å². The first-order valence-electron chi connectivity index (χ1n) is 9.68. The number of halogens is 1. The zero-order valence-corrected chi connectivity index (χ0v) is 16.9. The van der Waals surface area contributed by atoms with Gasteiger partial charge in [0.05, 0.1) is 12.5 Å². The van der Waals surface area contributed by atoms with Crippen LogP contribution >= 0.6 is 11.6 Å². The summed E-state index contributed by atoms with van der Waals surface area (Å²) in [6.07, 6.45) is 1.46. The van der Waals surface area contributed by atoms with Crippen molar-refractivity contribution in [2.24, 2.45) is 0 Å². The van der Waals surface area contributed by atoms with Gasteiger partial charge in [-0.3, -0.25) is 9.59 Å². The summed E-state index contributed by atoms with van der Waals surface area (Å²) < 4.78 is 10.7. The maximum atomic E-state index is 12.9. The fourth-order valence-corrected chi connectivity index (χ4v) is 3.98. The van der Waals surface area contributed by atoms with E-state index in [9.17, 15) is 14.9 Å². The Morgan fingerprint density at radius 1 is 1.23 bits per heavy atom. The van der Waals surface area contributed by atoms with Gasteiger partial charge in [-0.15, -0.1) is 0 Å². The minimum absolute atomic E-state index is 0.136. The zero-order valence-electron chi connectivity index (χ0n) is 16.1. The highest BCUT2D eigenvalue weighted by Crippen LogP contribution is 2.33. The molecular weight excluding hydrogens is 406 g/mol. The van der Waals surface area contributed by atoms with Crippen molar-refractivity contribution in [3.05, 3.63) is 58.6 Å². The average Bonchev–Trinajstić information content (AvgIpc) is 3.41. The molecule has 1 unspecified atom stereocenters. The quantitative estimate of drug-likeness (QED) is 0.795. The summed E-state index contributed by atoms with van der Waals surface area (Å²) in [5.41, 5.74) is 1.40. The summed E-state index contributed by atoms with van der Waals surface area (Å²) in [6, 6.07) is 12.9. The highest BCUT2D eigenvalue weighted by atomic mass is 35.5. The fraction of sp³-hybridized carbons (Fsp3) is 0.318. The number of ether oxygens (including phenoxy) is 2. The number of benzene rings is 2. The maximum Gasteiger partial charge on any atom is 0.244 e. The second kappa shape index (κ2) is 8.64. The number of nitrogens with one attached hydrogen (secondary N) is 1. The molecule has 2 aliphatic rings. The fourth-order valence-electron chi connectivity index (χ4n) is 3.78. The first-order chi connectivity index (χ1) is 14.5. The molecule has 0 aromatic heterocycles. The maximum absolute atomic E-state index is 12.9. The number of likely N-dealkylation sites (tertiary alicyclic amines) is 1. The van der Waals surface area contributed by atoms with Crippen LogP contribution in [0.5, 0.6) is 11.5 Å². The van der Waals surface area contributed by atoms with Gasteiger partial charge < -0.3 is 19.7 Å². The second-order valence-electron chi connectivity index (χ2n) is 7.24. The average molecular weight is 426 g/mol. The Labute approximate surface area is 179 Å². The molecule has 2 amide bonds. The van der Waals surface area contributed by atoms with E-state index in [-0.39, 0.29) is 25.0 Å². The second-order valence-corrected chi connectivity index (χ2v) is 7.67. The van der Waals surface area contributed by atoms with E-state index < -0.39 is 12.1 Å². The number of carbonyl (C=O) groups is 2. The largest absolute Gasteiger partial charge is 0.454 e. The van der Waals surface area contributed by atoms with E-state index in [0.717, 1.165) is 12.0 Å². The van der Waals surface area contributed by atoms with Gasteiger partial charge in [0.15, 0.2) is 11.5 Å². The van der Waals surface area contributed by atoms with Gasteiger partial charge in [-0.2, -0.15) is 5.26 Å². The molecule has 154 valence electrons. The van der Waals surface area contributed by atoms with Crippen molar-refractivity contribution >= 4 is 23.4 Å². The van der Waals surface area contributed by atoms with Crippen LogP contribution in [0.3, 0.4) is 0 Å². The molecule has 2 atom stereocenters. The van der Waals surface area contributed by atoms with Crippen LogP contribution in [0.1, 0.15) is 30.0 Å². The molecule has 2 aliphatic heterocycles. The highest BCUT2D eigenvalue weighted by molar-refractivity contribution is 6.30. The monoisotopic (exact) mass is 425 g/mol. The summed E-state index contributed by atoms with van der Waals surface area (Å²) in [5, 5.41) is 12.7. The first kappa shape index (κ1) is 20.0. The Balaban J connectivity index is 1.42. The molecule has 2 aromatic rings. The molecule has 0 saturated carbocycles. The molecular formula is C22H20ClN3O4. The Kier molecular flexibility index (Phi) is 5.77. The molecule has 8 heteroatoms. The molecule has 0 aliphatic carbocycles. The zero-order chi connectivity index (χ0) is 21.1. The third kappa shape index (κ3) is 4.19. The molecule has 0 bridgehead atoms. The van der Waals surface area contributed by atoms with Crippen LogP contribution in [0.25, 0.3) is 0 Å². The van der Waals surface area contributed by atoms with Crippen LogP contribution in [-0.2, 0) is 16.0 Å². The number of rotatable bonds is 5. The van der Waals surface area contributed by atoms with Gasteiger partial charge in [-0.25, -0.2) is 0 Å². The first-order valence-corrected chi connectivity index (χ1v) is 10.1. The Bertz CT molecular complexity index is 1020. The van der Waals surface area contributed by atoms with E-state index in [4.69, 9.17) is 21.1 Å². The van der Waals surface area contributed by atoms with Crippen LogP contribution in [0, 0.1) is 11.3 Å². The molecule has 30 heavy (non-hydrogen) atoms. The van der Waals surface area contributed by atoms with Gasteiger partial charge in [0.1, 0.15) is 12.1 Å². The summed E-state index contributed by atoms with van der Waals surface area (Å²) in [7, 11) is 0. The molecule has 2 aromatic carbocycles. The topological polar surface area (TPSA) is 91.7 Å². The van der Waals surface area contributed by atoms with Gasteiger partial charge in [0, 0.05) is 11.6 Å². The molecule has 1 fully saturated rings. The number of hydrogen-bond donors (Lipinski definition) is 1. The molecule has 0 spiro atoms. The van der Waals surface area contributed by atoms with E-state index in [1.54, 1.807) is 41.3 Å². The van der Waals surface area contributed by atoms with Gasteiger partial charge in [-0.05, 0) is 48.2 Å². The highest BCUT2D eigenvalue weighted by Gasteiger charge is 2.35. The Hall–Kier alpha value is -3.24. The van der Waals surface area contributed by atoms with E-state index in [1.807, 2.05) is 6.07 Å². The third-order valence-corrected chi connectivity index (χ3v) is 5.50. The molecule has 2 heterocycles. The number of amides is 2. The lowest BCUT2D eigenvalue weighted by molar-refractivity contribution is -0.138. The summed E-state index contributed by atoms with van der Waals surface area (Å²) >= 11 is 5.99. The predicted octanol–water partition coefficient (Wildman–Crippen LogP) is 2.98. The Morgan fingerprint density at radius 2 is 2.07 bits per heavy atom. The normalized spacial score (nSPS) is 18.0. The Morgan fingerprint density at radius 3 is 2.87 bits per heavy atom. The standard InChI is InChI=1S/C22H20ClN3O4/c23-16-4-1-3-15(11-16)17(12-24)25-22(28)18-5-2-8-26(18)21(27)10-14-6-7-19-20(9-14)30-13-29-19/h1,3-4,6-7,9,11,17-18H,2,5,8,10,13H2,(H,25,28)/t17?,18-/m0/s1. The lowest BCUT2D eigenvalue weighted by Gasteiger charge is -2.25. The smallest absolute Gasteiger partial charge is 0.244 e. The van der Waals surface area contributed by atoms with Crippen molar-refractivity contribution in [2.45, 2.75) is 31.3 Å². The number of carbonyl (C=O) groups excluding carboxylic acids is 2. The SMILES string of the molecule is N#CC(NC(=O)[C@@H]1CCCN1C(=O)Cc1ccc2c(c1)OCO2)c1cccc(Cl)c1. The van der Waals surface area contributed by atoms with Crippen molar-refractivity contribution < 1.29 is 19.1 Å². The minimum Gasteiger partial charge on any atom is -0.454 e. The molecule has 1 N–H and O–H groups in total. The molecule has 7 nitrogen and oxygen atoms in total. The van der Waals surface area contributed by atoms with Gasteiger partial charge in [0.2, 0.25) is 18.6 Å². The number of fused-ring (bicyclic) bond motifs is 1. The van der Waals surface area contributed by atoms with Crippen molar-refractivity contribution in [3.63, 3.8) is 0 Å². The summed E-state index contributed by atoms with van der Waals surface area (Å²) in [4.78, 5) is 27.3. The third-order valence-electron chi connectivity index (χ3n) is 5.27. The van der Waals surface area contributed by atoms with E-state index in [1.165, 1.54) is 0 Å². The predicted molar refractivity (Wildman–Crippen MR) is 109 cm³/mol. The number of hydrogen-bond acceptors (Lipinski definition) is 5.